The number of amides is 3. The number of thioether (sulfide) groups is 1. The van der Waals surface area contributed by atoms with Crippen LogP contribution in [0.1, 0.15) is 27.5 Å². The summed E-state index contributed by atoms with van der Waals surface area (Å²) in [6.45, 7) is 3.63. The number of para-hydroxylation sites is 1. The molecule has 4 aromatic rings. The average molecular weight is 586 g/mol. The molecule has 8 nitrogen and oxygen atoms in total. The fourth-order valence-corrected chi connectivity index (χ4v) is 8.19. The van der Waals surface area contributed by atoms with Crippen LogP contribution in [0, 0.1) is 19.8 Å². The molecular weight excluding hydrogens is 558 g/mol. The van der Waals surface area contributed by atoms with Crippen molar-refractivity contribution in [2.75, 3.05) is 17.3 Å². The largest absolute Gasteiger partial charge is 0.497 e. The van der Waals surface area contributed by atoms with Gasteiger partial charge in [0.1, 0.15) is 17.5 Å². The van der Waals surface area contributed by atoms with E-state index in [0.717, 1.165) is 28.0 Å². The van der Waals surface area contributed by atoms with E-state index in [1.165, 1.54) is 21.2 Å². The molecule has 41 heavy (non-hydrogen) atoms. The first-order valence-electron chi connectivity index (χ1n) is 13.1. The fourth-order valence-electron chi connectivity index (χ4n) is 5.42. The van der Waals surface area contributed by atoms with E-state index in [0.29, 0.717) is 27.0 Å². The Kier molecular flexibility index (Phi) is 7.04. The van der Waals surface area contributed by atoms with Gasteiger partial charge in [-0.2, -0.15) is 0 Å². The number of rotatable bonds is 6. The molecule has 1 aromatic heterocycles. The number of aryl methyl sites for hydroxylation is 2. The molecule has 3 heterocycles. The topological polar surface area (TPSA) is 97.7 Å². The number of imide groups is 1. The molecule has 3 amide bonds. The summed E-state index contributed by atoms with van der Waals surface area (Å²) in [5, 5.41) is 2.69. The highest BCUT2D eigenvalue weighted by molar-refractivity contribution is 8.00. The van der Waals surface area contributed by atoms with Crippen molar-refractivity contribution in [1.82, 2.24) is 4.57 Å². The van der Waals surface area contributed by atoms with Crippen LogP contribution >= 0.6 is 23.1 Å². The van der Waals surface area contributed by atoms with Crippen LogP contribution in [0.4, 0.5) is 11.4 Å². The predicted molar refractivity (Wildman–Crippen MR) is 160 cm³/mol. The summed E-state index contributed by atoms with van der Waals surface area (Å²) in [6.07, 6.45) is 0. The van der Waals surface area contributed by atoms with Crippen molar-refractivity contribution in [3.05, 3.63) is 104 Å². The fraction of sp³-hybridized carbons (Fsp3) is 0.226. The SMILES string of the molecule is COc1ccc([C@@H]2c3sc(=O)n(CC(=O)Nc4ccccc4C)c3S[C@H]3C(=O)N(c4ccc(C)cc4)C(=O)[C@@H]23)cc1. The van der Waals surface area contributed by atoms with Gasteiger partial charge in [-0.1, -0.05) is 71.1 Å². The van der Waals surface area contributed by atoms with Crippen molar-refractivity contribution in [3.63, 3.8) is 0 Å². The maximum Gasteiger partial charge on any atom is 0.308 e. The standard InChI is InChI=1S/C31H27N3O5S2/c1-17-8-12-20(13-9-17)34-28(36)25-24(19-10-14-21(39-3)15-11-19)27-30(40-26(25)29(34)37)33(31(38)41-27)16-23(35)32-22-7-5-4-6-18(22)2/h4-15,24-26H,16H2,1-3H3,(H,32,35)/t24-,25-,26+/m0/s1. The molecular formula is C31H27N3O5S2. The zero-order valence-corrected chi connectivity index (χ0v) is 24.3. The third-order valence-corrected chi connectivity index (χ3v) is 10.1. The lowest BCUT2D eigenvalue weighted by Gasteiger charge is -2.30. The van der Waals surface area contributed by atoms with E-state index in [9.17, 15) is 19.2 Å². The van der Waals surface area contributed by atoms with Crippen molar-refractivity contribution in [3.8, 4) is 5.75 Å². The second kappa shape index (κ2) is 10.7. The third-order valence-electron chi connectivity index (χ3n) is 7.54. The zero-order valence-electron chi connectivity index (χ0n) is 22.6. The van der Waals surface area contributed by atoms with E-state index in [2.05, 4.69) is 5.32 Å². The van der Waals surface area contributed by atoms with Gasteiger partial charge in [-0.3, -0.25) is 23.7 Å². The molecule has 0 radical (unpaired) electrons. The van der Waals surface area contributed by atoms with Crippen LogP contribution in [0.25, 0.3) is 0 Å². The lowest BCUT2D eigenvalue weighted by Crippen LogP contribution is -2.33. The van der Waals surface area contributed by atoms with Crippen molar-refractivity contribution in [2.45, 2.75) is 36.6 Å². The lowest BCUT2D eigenvalue weighted by atomic mass is 9.83. The van der Waals surface area contributed by atoms with Gasteiger partial charge >= 0.3 is 4.87 Å². The summed E-state index contributed by atoms with van der Waals surface area (Å²) in [4.78, 5) is 55.9. The molecule has 2 aliphatic rings. The number of nitrogens with one attached hydrogen (secondary N) is 1. The van der Waals surface area contributed by atoms with Crippen LogP contribution in [0.5, 0.6) is 5.75 Å². The quantitative estimate of drug-likeness (QED) is 0.321. The maximum atomic E-state index is 14.0. The molecule has 0 bridgehead atoms. The Labute approximate surface area is 245 Å². The normalized spacial score (nSPS) is 19.6. The maximum absolute atomic E-state index is 14.0. The highest BCUT2D eigenvalue weighted by Crippen LogP contribution is 2.54. The highest BCUT2D eigenvalue weighted by Gasteiger charge is 2.56. The molecule has 0 aliphatic carbocycles. The summed E-state index contributed by atoms with van der Waals surface area (Å²) >= 11 is 2.23. The number of anilines is 2. The monoisotopic (exact) mass is 585 g/mol. The molecule has 2 aliphatic heterocycles. The third kappa shape index (κ3) is 4.76. The van der Waals surface area contributed by atoms with Gasteiger partial charge in [0.05, 0.1) is 23.7 Å². The first-order chi connectivity index (χ1) is 19.8. The minimum atomic E-state index is -0.747. The summed E-state index contributed by atoms with van der Waals surface area (Å²) in [5.41, 5.74) is 3.91. The molecule has 208 valence electrons. The Hall–Kier alpha value is -4.15. The van der Waals surface area contributed by atoms with Crippen molar-refractivity contribution in [1.29, 1.82) is 0 Å². The number of thiazole rings is 1. The van der Waals surface area contributed by atoms with Crippen molar-refractivity contribution < 1.29 is 19.1 Å². The van der Waals surface area contributed by atoms with E-state index in [-0.39, 0.29) is 29.1 Å². The number of carbonyl (C=O) groups is 3. The minimum Gasteiger partial charge on any atom is -0.497 e. The molecule has 1 saturated heterocycles. The summed E-state index contributed by atoms with van der Waals surface area (Å²) in [5.74, 6) is -1.56. The van der Waals surface area contributed by atoms with Crippen molar-refractivity contribution >= 4 is 52.2 Å². The van der Waals surface area contributed by atoms with Crippen LogP contribution in [-0.4, -0.2) is 34.6 Å². The van der Waals surface area contributed by atoms with Gasteiger partial charge in [-0.25, -0.2) is 4.90 Å². The number of aromatic nitrogens is 1. The van der Waals surface area contributed by atoms with E-state index >= 15 is 0 Å². The summed E-state index contributed by atoms with van der Waals surface area (Å²) < 4.78 is 6.76. The van der Waals surface area contributed by atoms with Gasteiger partial charge < -0.3 is 10.1 Å². The Morgan fingerprint density at radius 2 is 1.63 bits per heavy atom. The summed E-state index contributed by atoms with van der Waals surface area (Å²) in [6, 6.07) is 22.1. The number of nitrogens with zero attached hydrogens (tertiary/aromatic N) is 2. The van der Waals surface area contributed by atoms with E-state index in [1.54, 1.807) is 37.4 Å². The number of ether oxygens (including phenoxy) is 1. The Morgan fingerprint density at radius 1 is 0.927 bits per heavy atom. The number of benzene rings is 3. The van der Waals surface area contributed by atoms with Crippen molar-refractivity contribution in [2.24, 2.45) is 5.92 Å². The van der Waals surface area contributed by atoms with Crippen LogP contribution in [0.15, 0.2) is 82.6 Å². The van der Waals surface area contributed by atoms with Gasteiger partial charge in [0, 0.05) is 16.5 Å². The highest BCUT2D eigenvalue weighted by atomic mass is 32.2. The molecule has 0 spiro atoms. The number of carbonyl (C=O) groups excluding carboxylic acids is 3. The number of fused-ring (bicyclic) bond motifs is 2. The molecule has 6 rings (SSSR count). The molecule has 3 atom stereocenters. The van der Waals surface area contributed by atoms with Gasteiger partial charge in [-0.05, 0) is 55.3 Å². The molecule has 1 fully saturated rings. The average Bonchev–Trinajstić information content (AvgIpc) is 3.41. The van der Waals surface area contributed by atoms with Gasteiger partial charge in [-0.15, -0.1) is 0 Å². The first-order valence-corrected chi connectivity index (χ1v) is 14.8. The lowest BCUT2D eigenvalue weighted by molar-refractivity contribution is -0.122. The van der Waals surface area contributed by atoms with Crippen LogP contribution in [-0.2, 0) is 20.9 Å². The number of hydrogen-bond acceptors (Lipinski definition) is 7. The molecule has 1 N–H and O–H groups in total. The zero-order chi connectivity index (χ0) is 28.8. The molecule has 10 heteroatoms. The number of methoxy groups -OCH3 is 1. The minimum absolute atomic E-state index is 0.206. The van der Waals surface area contributed by atoms with E-state index in [4.69, 9.17) is 4.74 Å². The Bertz CT molecular complexity index is 1730. The van der Waals surface area contributed by atoms with Gasteiger partial charge in [0.25, 0.3) is 0 Å². The van der Waals surface area contributed by atoms with Crippen LogP contribution < -0.4 is 19.8 Å². The predicted octanol–water partition coefficient (Wildman–Crippen LogP) is 4.97. The van der Waals surface area contributed by atoms with E-state index < -0.39 is 17.1 Å². The van der Waals surface area contributed by atoms with Gasteiger partial charge in [0.2, 0.25) is 17.7 Å². The number of hydrogen-bond donors (Lipinski definition) is 1. The second-order valence-electron chi connectivity index (χ2n) is 10.1. The van der Waals surface area contributed by atoms with Crippen LogP contribution in [0.2, 0.25) is 0 Å². The smallest absolute Gasteiger partial charge is 0.308 e. The van der Waals surface area contributed by atoms with E-state index in [1.807, 2.05) is 56.3 Å². The summed E-state index contributed by atoms with van der Waals surface area (Å²) in [7, 11) is 1.58. The molecule has 3 aromatic carbocycles. The Morgan fingerprint density at radius 3 is 2.32 bits per heavy atom. The first kappa shape index (κ1) is 27.0. The van der Waals surface area contributed by atoms with Gasteiger partial charge in [0.15, 0.2) is 0 Å². The molecule has 0 saturated carbocycles. The second-order valence-corrected chi connectivity index (χ2v) is 12.3. The van der Waals surface area contributed by atoms with Crippen LogP contribution in [0.3, 0.4) is 0 Å². The Balaban J connectivity index is 1.41. The molecule has 0 unspecified atom stereocenters.